The maximum Gasteiger partial charge on any atom is 0.243 e. The minimum atomic E-state index is -0.753. The molecule has 2 aliphatic rings. The third-order valence-electron chi connectivity index (χ3n) is 5.92. The number of hydroxylamine groups is 2. The minimum absolute atomic E-state index is 0.0262. The first-order chi connectivity index (χ1) is 14.9. The molecule has 1 aliphatic carbocycles. The molecule has 10 nitrogen and oxygen atoms in total. The fourth-order valence-electron chi connectivity index (χ4n) is 4.38. The molecule has 0 spiro atoms. The van der Waals surface area contributed by atoms with E-state index in [0.29, 0.717) is 36.2 Å². The van der Waals surface area contributed by atoms with Crippen molar-refractivity contribution >= 4 is 24.0 Å². The molecule has 2 heterocycles. The highest BCUT2D eigenvalue weighted by atomic mass is 19.1. The van der Waals surface area contributed by atoms with Crippen molar-refractivity contribution in [3.63, 3.8) is 0 Å². The lowest BCUT2D eigenvalue weighted by Crippen LogP contribution is -2.41. The van der Waals surface area contributed by atoms with E-state index in [2.05, 4.69) is 26.9 Å². The van der Waals surface area contributed by atoms with Gasteiger partial charge in [0.15, 0.2) is 11.6 Å². The van der Waals surface area contributed by atoms with Crippen LogP contribution in [-0.2, 0) is 9.59 Å². The molecule has 0 unspecified atom stereocenters. The predicted octanol–water partition coefficient (Wildman–Crippen LogP) is 1.90. The fraction of sp³-hybridized carbons (Fsp3) is 0.650. The number of carbonyl (C=O) groups is 2. The van der Waals surface area contributed by atoms with Crippen molar-refractivity contribution < 1.29 is 19.2 Å². The maximum absolute atomic E-state index is 15.1. The number of hydrogen-bond donors (Lipinski definition) is 3. The Balaban J connectivity index is 1.71. The number of rotatable bonds is 9. The summed E-state index contributed by atoms with van der Waals surface area (Å²) >= 11 is 0. The topological polar surface area (TPSA) is 134 Å². The zero-order chi connectivity index (χ0) is 22.4. The van der Waals surface area contributed by atoms with E-state index in [0.717, 1.165) is 32.1 Å². The van der Waals surface area contributed by atoms with E-state index in [1.165, 1.54) is 0 Å². The van der Waals surface area contributed by atoms with Gasteiger partial charge >= 0.3 is 0 Å². The highest BCUT2D eigenvalue weighted by Gasteiger charge is 2.30. The Kier molecular flexibility index (Phi) is 7.57. The monoisotopic (exact) mass is 433 g/mol. The number of nitriles is 1. The smallest absolute Gasteiger partial charge is 0.243 e. The highest BCUT2D eigenvalue weighted by Crippen LogP contribution is 2.31. The molecule has 1 aromatic heterocycles. The van der Waals surface area contributed by atoms with Crippen molar-refractivity contribution in [2.75, 3.05) is 23.4 Å². The van der Waals surface area contributed by atoms with E-state index >= 15 is 4.39 Å². The Bertz CT molecular complexity index is 841. The van der Waals surface area contributed by atoms with Crippen LogP contribution in [0.3, 0.4) is 0 Å². The summed E-state index contributed by atoms with van der Waals surface area (Å²) < 4.78 is 15.1. The Hall–Kier alpha value is -3.00. The molecule has 0 aromatic carbocycles. The Morgan fingerprint density at radius 3 is 2.81 bits per heavy atom. The molecular formula is C20H28FN7O3. The van der Waals surface area contributed by atoms with Crippen LogP contribution in [0.5, 0.6) is 0 Å². The van der Waals surface area contributed by atoms with Gasteiger partial charge in [-0.3, -0.25) is 25.6 Å². The number of aromatic nitrogens is 2. The molecule has 3 N–H and O–H groups in total. The molecule has 1 saturated carbocycles. The van der Waals surface area contributed by atoms with Crippen LogP contribution in [0.1, 0.15) is 50.8 Å². The number of nitrogens with zero attached hydrogens (tertiary/aromatic N) is 5. The van der Waals surface area contributed by atoms with Gasteiger partial charge in [0.25, 0.3) is 0 Å². The number of halogens is 1. The van der Waals surface area contributed by atoms with E-state index in [4.69, 9.17) is 0 Å². The second kappa shape index (κ2) is 10.3. The van der Waals surface area contributed by atoms with E-state index in [1.807, 2.05) is 0 Å². The molecule has 3 rings (SSSR count). The number of hydrogen-bond acceptors (Lipinski definition) is 8. The van der Waals surface area contributed by atoms with Gasteiger partial charge < -0.3 is 4.90 Å². The van der Waals surface area contributed by atoms with Gasteiger partial charge in [-0.25, -0.2) is 15.0 Å². The summed E-state index contributed by atoms with van der Waals surface area (Å²) in [4.78, 5) is 33.3. The van der Waals surface area contributed by atoms with Crippen molar-refractivity contribution in [3.05, 3.63) is 11.6 Å². The number of anilines is 2. The molecule has 1 aliphatic heterocycles. The zero-order valence-electron chi connectivity index (χ0n) is 17.6. The largest absolute Gasteiger partial charge is 0.338 e. The standard InChI is InChI=1S/C20H28FN7O3/c1-13-23-18(17(21)19(24-13)28-8-4-7-16(28)10-22)25-26-20(30)15(11-27(31)12-29)9-14-5-2-3-6-14/h12,14-16,31H,2-9,11H2,1H3,(H,26,30)(H,23,24,25)/t15-,16-/m0/s1. The predicted molar refractivity (Wildman–Crippen MR) is 109 cm³/mol. The van der Waals surface area contributed by atoms with Crippen LogP contribution < -0.4 is 15.8 Å². The van der Waals surface area contributed by atoms with E-state index < -0.39 is 23.7 Å². The summed E-state index contributed by atoms with van der Waals surface area (Å²) in [5.74, 6) is -1.41. The molecule has 0 bridgehead atoms. The number of aryl methyl sites for hydroxylation is 1. The number of amides is 2. The van der Waals surface area contributed by atoms with Gasteiger partial charge in [0, 0.05) is 6.54 Å². The first-order valence-electron chi connectivity index (χ1n) is 10.6. The van der Waals surface area contributed by atoms with Gasteiger partial charge in [0.2, 0.25) is 18.1 Å². The third-order valence-corrected chi connectivity index (χ3v) is 5.92. The molecular weight excluding hydrogens is 405 g/mol. The van der Waals surface area contributed by atoms with Crippen LogP contribution in [0.4, 0.5) is 16.0 Å². The average Bonchev–Trinajstić information content (AvgIpc) is 3.44. The van der Waals surface area contributed by atoms with Gasteiger partial charge in [-0.2, -0.15) is 9.65 Å². The van der Waals surface area contributed by atoms with Crippen molar-refractivity contribution in [3.8, 4) is 6.07 Å². The maximum atomic E-state index is 15.1. The van der Waals surface area contributed by atoms with Crippen molar-refractivity contribution in [2.45, 2.75) is 57.9 Å². The Morgan fingerprint density at radius 2 is 2.13 bits per heavy atom. The van der Waals surface area contributed by atoms with Crippen LogP contribution in [0.15, 0.2) is 0 Å². The second-order valence-electron chi connectivity index (χ2n) is 8.16. The van der Waals surface area contributed by atoms with E-state index in [-0.39, 0.29) is 24.6 Å². The molecule has 2 fully saturated rings. The fourth-order valence-corrected chi connectivity index (χ4v) is 4.38. The number of hydrazine groups is 1. The summed E-state index contributed by atoms with van der Waals surface area (Å²) in [6.45, 7) is 1.96. The molecule has 1 saturated heterocycles. The lowest BCUT2D eigenvalue weighted by molar-refractivity contribution is -0.154. The molecule has 2 atom stereocenters. The molecule has 2 amide bonds. The van der Waals surface area contributed by atoms with Crippen molar-refractivity contribution in [1.29, 1.82) is 5.26 Å². The summed E-state index contributed by atoms with van der Waals surface area (Å²) in [5, 5.41) is 19.3. The summed E-state index contributed by atoms with van der Waals surface area (Å²) in [6, 6.07) is 1.70. The minimum Gasteiger partial charge on any atom is -0.338 e. The van der Waals surface area contributed by atoms with Gasteiger partial charge in [-0.1, -0.05) is 25.7 Å². The summed E-state index contributed by atoms with van der Waals surface area (Å²) in [7, 11) is 0. The molecule has 0 radical (unpaired) electrons. The third kappa shape index (κ3) is 5.58. The van der Waals surface area contributed by atoms with Crippen molar-refractivity contribution in [2.24, 2.45) is 11.8 Å². The molecule has 168 valence electrons. The Morgan fingerprint density at radius 1 is 1.39 bits per heavy atom. The SMILES string of the molecule is Cc1nc(NNC(=O)[C@@H](CC2CCCC2)CN(O)C=O)c(F)c(N2CCC[C@H]2C#N)n1. The quantitative estimate of drug-likeness (QED) is 0.305. The van der Waals surface area contributed by atoms with Crippen LogP contribution in [-0.4, -0.2) is 51.7 Å². The highest BCUT2D eigenvalue weighted by molar-refractivity contribution is 5.80. The second-order valence-corrected chi connectivity index (χ2v) is 8.16. The Labute approximate surface area is 180 Å². The van der Waals surface area contributed by atoms with Gasteiger partial charge in [-0.15, -0.1) is 0 Å². The lowest BCUT2D eigenvalue weighted by atomic mass is 9.92. The number of carbonyl (C=O) groups excluding carboxylic acids is 2. The van der Waals surface area contributed by atoms with Crippen LogP contribution in [0.2, 0.25) is 0 Å². The first-order valence-corrected chi connectivity index (χ1v) is 10.6. The molecule has 31 heavy (non-hydrogen) atoms. The van der Waals surface area contributed by atoms with E-state index in [9.17, 15) is 20.1 Å². The molecule has 11 heteroatoms. The van der Waals surface area contributed by atoms with Crippen LogP contribution in [0.25, 0.3) is 0 Å². The van der Waals surface area contributed by atoms with Crippen molar-refractivity contribution in [1.82, 2.24) is 20.5 Å². The molecule has 1 aromatic rings. The summed E-state index contributed by atoms with van der Waals surface area (Å²) in [6.07, 6.45) is 6.37. The van der Waals surface area contributed by atoms with Gasteiger partial charge in [0.1, 0.15) is 11.9 Å². The summed E-state index contributed by atoms with van der Waals surface area (Å²) in [5.41, 5.74) is 4.98. The zero-order valence-corrected chi connectivity index (χ0v) is 17.6. The average molecular weight is 433 g/mol. The van der Waals surface area contributed by atoms with Crippen LogP contribution >= 0.6 is 0 Å². The van der Waals surface area contributed by atoms with Crippen LogP contribution in [0, 0.1) is 35.9 Å². The van der Waals surface area contributed by atoms with E-state index in [1.54, 1.807) is 11.8 Å². The van der Waals surface area contributed by atoms with Gasteiger partial charge in [0.05, 0.1) is 18.5 Å². The first kappa shape index (κ1) is 22.7. The normalized spacial score (nSPS) is 19.7. The van der Waals surface area contributed by atoms with Gasteiger partial charge in [-0.05, 0) is 32.1 Å². The number of nitrogens with one attached hydrogen (secondary N) is 2. The lowest BCUT2D eigenvalue weighted by Gasteiger charge is -2.24.